The van der Waals surface area contributed by atoms with Crippen LogP contribution in [0.1, 0.15) is 20.8 Å². The van der Waals surface area contributed by atoms with Crippen molar-refractivity contribution < 1.29 is 4.79 Å². The number of nitrogens with zero attached hydrogens (tertiary/aromatic N) is 6. The van der Waals surface area contributed by atoms with Gasteiger partial charge < -0.3 is 0 Å². The molecule has 0 saturated heterocycles. The maximum absolute atomic E-state index is 12.5. The van der Waals surface area contributed by atoms with Crippen LogP contribution in [0.4, 0.5) is 5.95 Å². The SMILES string of the molecule is CC(=O)C(C)N1N=C(C)Cn2c1nc1c2c(=O)n(C)c(=O)n1C. The Labute approximate surface area is 131 Å². The lowest BCUT2D eigenvalue weighted by Gasteiger charge is -2.28. The molecule has 3 rings (SSSR count). The van der Waals surface area contributed by atoms with Crippen molar-refractivity contribution in [3.63, 3.8) is 0 Å². The van der Waals surface area contributed by atoms with E-state index in [1.54, 1.807) is 18.5 Å². The first-order chi connectivity index (χ1) is 10.7. The summed E-state index contributed by atoms with van der Waals surface area (Å²) in [5, 5.41) is 5.90. The van der Waals surface area contributed by atoms with Crippen molar-refractivity contribution in [1.82, 2.24) is 18.7 Å². The number of aromatic nitrogens is 4. The summed E-state index contributed by atoms with van der Waals surface area (Å²) in [7, 11) is 3.00. The fraction of sp³-hybridized carbons (Fsp3) is 0.500. The first kappa shape index (κ1) is 15.2. The Morgan fingerprint density at radius 1 is 1.22 bits per heavy atom. The number of hydrogen-bond acceptors (Lipinski definition) is 6. The van der Waals surface area contributed by atoms with E-state index in [2.05, 4.69) is 10.1 Å². The van der Waals surface area contributed by atoms with Crippen molar-refractivity contribution in [3.05, 3.63) is 20.8 Å². The summed E-state index contributed by atoms with van der Waals surface area (Å²) < 4.78 is 4.09. The van der Waals surface area contributed by atoms with Gasteiger partial charge in [0.05, 0.1) is 12.3 Å². The lowest BCUT2D eigenvalue weighted by Crippen LogP contribution is -2.40. The lowest BCUT2D eigenvalue weighted by atomic mass is 10.2. The normalized spacial score (nSPS) is 15.5. The Kier molecular flexibility index (Phi) is 3.24. The van der Waals surface area contributed by atoms with Crippen molar-refractivity contribution in [1.29, 1.82) is 0 Å². The van der Waals surface area contributed by atoms with Crippen LogP contribution in [-0.4, -0.2) is 36.2 Å². The van der Waals surface area contributed by atoms with Gasteiger partial charge in [-0.3, -0.25) is 23.3 Å². The predicted molar refractivity (Wildman–Crippen MR) is 85.9 cm³/mol. The average molecular weight is 318 g/mol. The molecule has 23 heavy (non-hydrogen) atoms. The number of carbonyl (C=O) groups excluding carboxylic acids is 1. The average Bonchev–Trinajstić information content (AvgIpc) is 2.88. The van der Waals surface area contributed by atoms with Gasteiger partial charge in [0.25, 0.3) is 5.56 Å². The van der Waals surface area contributed by atoms with Gasteiger partial charge in [-0.05, 0) is 20.8 Å². The number of rotatable bonds is 2. The molecule has 0 saturated carbocycles. The van der Waals surface area contributed by atoms with Crippen LogP contribution in [0.2, 0.25) is 0 Å². The van der Waals surface area contributed by atoms with Gasteiger partial charge in [0.2, 0.25) is 5.95 Å². The minimum atomic E-state index is -0.512. The third-order valence-corrected chi connectivity index (χ3v) is 4.15. The molecule has 9 heteroatoms. The molecule has 0 amide bonds. The molecule has 2 aromatic rings. The Hall–Kier alpha value is -2.71. The number of anilines is 1. The van der Waals surface area contributed by atoms with Gasteiger partial charge in [0.1, 0.15) is 6.04 Å². The van der Waals surface area contributed by atoms with Crippen molar-refractivity contribution in [2.75, 3.05) is 5.01 Å². The van der Waals surface area contributed by atoms with Gasteiger partial charge in [-0.15, -0.1) is 0 Å². The zero-order valence-corrected chi connectivity index (χ0v) is 13.7. The minimum absolute atomic E-state index is 0.0659. The third-order valence-electron chi connectivity index (χ3n) is 4.15. The van der Waals surface area contributed by atoms with Crippen LogP contribution >= 0.6 is 0 Å². The second-order valence-electron chi connectivity index (χ2n) is 5.84. The molecule has 0 N–H and O–H groups in total. The third kappa shape index (κ3) is 2.03. The zero-order valence-electron chi connectivity index (χ0n) is 13.7. The van der Waals surface area contributed by atoms with E-state index in [1.165, 1.54) is 23.5 Å². The van der Waals surface area contributed by atoms with Gasteiger partial charge in [-0.2, -0.15) is 10.1 Å². The molecular weight excluding hydrogens is 300 g/mol. The van der Waals surface area contributed by atoms with E-state index in [-0.39, 0.29) is 5.78 Å². The largest absolute Gasteiger partial charge is 0.332 e. The summed E-state index contributed by atoms with van der Waals surface area (Å²) in [6.07, 6.45) is 0. The van der Waals surface area contributed by atoms with Crippen LogP contribution in [0.5, 0.6) is 0 Å². The Bertz CT molecular complexity index is 977. The first-order valence-electron chi connectivity index (χ1n) is 7.24. The van der Waals surface area contributed by atoms with Gasteiger partial charge in [0, 0.05) is 14.1 Å². The van der Waals surface area contributed by atoms with Crippen LogP contribution in [-0.2, 0) is 25.4 Å². The first-order valence-corrected chi connectivity index (χ1v) is 7.24. The van der Waals surface area contributed by atoms with E-state index in [4.69, 9.17) is 0 Å². The van der Waals surface area contributed by atoms with Crippen LogP contribution in [0.25, 0.3) is 11.2 Å². The van der Waals surface area contributed by atoms with Gasteiger partial charge in [-0.25, -0.2) is 9.80 Å². The quantitative estimate of drug-likeness (QED) is 0.751. The topological polar surface area (TPSA) is 94.5 Å². The van der Waals surface area contributed by atoms with Gasteiger partial charge >= 0.3 is 5.69 Å². The van der Waals surface area contributed by atoms with E-state index in [0.29, 0.717) is 23.7 Å². The molecule has 0 aromatic carbocycles. The molecule has 0 spiro atoms. The molecule has 2 aromatic heterocycles. The molecular formula is C14H18N6O3. The fourth-order valence-corrected chi connectivity index (χ4v) is 2.68. The maximum atomic E-state index is 12.5. The molecule has 1 atom stereocenters. The number of hydrazone groups is 1. The number of Topliss-reactive ketones (excluding diaryl/α,β-unsaturated/α-hetero) is 1. The highest BCUT2D eigenvalue weighted by molar-refractivity contribution is 5.90. The molecule has 9 nitrogen and oxygen atoms in total. The highest BCUT2D eigenvalue weighted by Crippen LogP contribution is 2.25. The predicted octanol–water partition coefficient (Wildman–Crippen LogP) is -0.393. The zero-order chi connectivity index (χ0) is 17.0. The van der Waals surface area contributed by atoms with E-state index >= 15 is 0 Å². The molecule has 0 bridgehead atoms. The molecule has 0 radical (unpaired) electrons. The number of ketones is 1. The van der Waals surface area contributed by atoms with Crippen molar-refractivity contribution in [3.8, 4) is 0 Å². The number of carbonyl (C=O) groups is 1. The molecule has 0 fully saturated rings. The summed E-state index contributed by atoms with van der Waals surface area (Å²) in [6.45, 7) is 5.42. The number of aryl methyl sites for hydroxylation is 1. The molecule has 1 aliphatic heterocycles. The monoisotopic (exact) mass is 318 g/mol. The highest BCUT2D eigenvalue weighted by Gasteiger charge is 2.30. The molecule has 122 valence electrons. The Balaban J connectivity index is 2.39. The maximum Gasteiger partial charge on any atom is 0.332 e. The standard InChI is InChI=1S/C14H18N6O3/c1-7-6-19-10-11(17(4)14(23)18(5)12(10)22)15-13(19)20(16-7)8(2)9(3)21/h8H,6H2,1-5H3. The van der Waals surface area contributed by atoms with Gasteiger partial charge in [-0.1, -0.05) is 0 Å². The van der Waals surface area contributed by atoms with Crippen LogP contribution in [0, 0.1) is 0 Å². The second kappa shape index (κ2) is 4.90. The number of fused-ring (bicyclic) bond motifs is 3. The van der Waals surface area contributed by atoms with E-state index in [1.807, 2.05) is 6.92 Å². The summed E-state index contributed by atoms with van der Waals surface area (Å²) in [5.41, 5.74) is 0.521. The van der Waals surface area contributed by atoms with Crippen molar-refractivity contribution in [2.45, 2.75) is 33.4 Å². The van der Waals surface area contributed by atoms with E-state index < -0.39 is 17.3 Å². The summed E-state index contributed by atoms with van der Waals surface area (Å²) in [4.78, 5) is 40.8. The summed E-state index contributed by atoms with van der Waals surface area (Å²) >= 11 is 0. The number of hydrogen-bond donors (Lipinski definition) is 0. The van der Waals surface area contributed by atoms with Crippen molar-refractivity contribution in [2.24, 2.45) is 19.2 Å². The Morgan fingerprint density at radius 2 is 1.87 bits per heavy atom. The molecule has 3 heterocycles. The van der Waals surface area contributed by atoms with Gasteiger partial charge in [0.15, 0.2) is 16.9 Å². The van der Waals surface area contributed by atoms with E-state index in [0.717, 1.165) is 10.3 Å². The fourth-order valence-electron chi connectivity index (χ4n) is 2.68. The second-order valence-corrected chi connectivity index (χ2v) is 5.84. The van der Waals surface area contributed by atoms with Crippen LogP contribution < -0.4 is 16.3 Å². The number of imidazole rings is 1. The summed E-state index contributed by atoms with van der Waals surface area (Å²) in [6, 6.07) is -0.512. The molecule has 0 aliphatic carbocycles. The minimum Gasteiger partial charge on any atom is -0.298 e. The highest BCUT2D eigenvalue weighted by atomic mass is 16.2. The molecule has 1 aliphatic rings. The van der Waals surface area contributed by atoms with E-state index in [9.17, 15) is 14.4 Å². The van der Waals surface area contributed by atoms with Crippen LogP contribution in [0.3, 0.4) is 0 Å². The summed E-state index contributed by atoms with van der Waals surface area (Å²) in [5.74, 6) is 0.329. The van der Waals surface area contributed by atoms with Crippen LogP contribution in [0.15, 0.2) is 14.7 Å². The molecule has 1 unspecified atom stereocenters. The smallest absolute Gasteiger partial charge is 0.298 e. The lowest BCUT2D eigenvalue weighted by molar-refractivity contribution is -0.117. The van der Waals surface area contributed by atoms with Crippen molar-refractivity contribution >= 4 is 28.6 Å². The Morgan fingerprint density at radius 3 is 2.48 bits per heavy atom.